The van der Waals surface area contributed by atoms with Crippen LogP contribution in [0.25, 0.3) is 0 Å². The number of hydrogen-bond acceptors (Lipinski definition) is 3. The number of ether oxygens (including phenoxy) is 2. The fourth-order valence-electron chi connectivity index (χ4n) is 0.639. The number of carbonyl (C=O) groups excluding carboxylic acids is 1. The van der Waals surface area contributed by atoms with Gasteiger partial charge in [0.25, 0.3) is 0 Å². The highest BCUT2D eigenvalue weighted by molar-refractivity contribution is 5.60. The Bertz CT molecular complexity index is 148. The standard InChI is InChI=1S/C9H17O4/c1-9(2,3)13-8(11)12-7-5-4-6-10/h4-7H2,1-3H3. The van der Waals surface area contributed by atoms with Crippen molar-refractivity contribution < 1.29 is 19.4 Å². The summed E-state index contributed by atoms with van der Waals surface area (Å²) < 4.78 is 9.60. The van der Waals surface area contributed by atoms with Crippen molar-refractivity contribution in [2.24, 2.45) is 0 Å². The minimum atomic E-state index is -0.668. The summed E-state index contributed by atoms with van der Waals surface area (Å²) in [7, 11) is 0. The zero-order valence-electron chi connectivity index (χ0n) is 8.46. The van der Waals surface area contributed by atoms with Gasteiger partial charge in [-0.15, -0.1) is 0 Å². The zero-order valence-corrected chi connectivity index (χ0v) is 8.46. The summed E-state index contributed by atoms with van der Waals surface area (Å²) >= 11 is 0. The summed E-state index contributed by atoms with van der Waals surface area (Å²) in [6.07, 6.45) is 0.462. The molecule has 4 nitrogen and oxygen atoms in total. The monoisotopic (exact) mass is 189 g/mol. The summed E-state index contributed by atoms with van der Waals surface area (Å²) in [5.74, 6) is 0. The molecule has 0 aromatic rings. The van der Waals surface area contributed by atoms with E-state index in [2.05, 4.69) is 0 Å². The van der Waals surface area contributed by atoms with Crippen molar-refractivity contribution in [3.05, 3.63) is 0 Å². The van der Waals surface area contributed by atoms with Gasteiger partial charge in [0, 0.05) is 0 Å². The van der Waals surface area contributed by atoms with Gasteiger partial charge in [0.2, 0.25) is 0 Å². The molecule has 4 heteroatoms. The van der Waals surface area contributed by atoms with E-state index in [1.54, 1.807) is 20.8 Å². The van der Waals surface area contributed by atoms with Crippen LogP contribution in [0.5, 0.6) is 0 Å². The Balaban J connectivity index is 3.41. The first-order chi connectivity index (χ1) is 5.95. The van der Waals surface area contributed by atoms with E-state index < -0.39 is 11.8 Å². The molecule has 0 aromatic carbocycles. The first-order valence-electron chi connectivity index (χ1n) is 4.39. The van der Waals surface area contributed by atoms with Crippen molar-refractivity contribution in [3.8, 4) is 0 Å². The summed E-state index contributed by atoms with van der Waals surface area (Å²) in [5.41, 5.74) is -0.518. The predicted octanol–water partition coefficient (Wildman–Crippen LogP) is 2.15. The highest BCUT2D eigenvalue weighted by Gasteiger charge is 2.16. The Kier molecular flexibility index (Phi) is 5.46. The Morgan fingerprint density at radius 2 is 1.85 bits per heavy atom. The molecule has 13 heavy (non-hydrogen) atoms. The van der Waals surface area contributed by atoms with Crippen LogP contribution in [-0.2, 0) is 14.6 Å². The zero-order chi connectivity index (χ0) is 10.3. The van der Waals surface area contributed by atoms with E-state index in [9.17, 15) is 9.90 Å². The summed E-state index contributed by atoms with van der Waals surface area (Å²) in [6.45, 7) is 5.44. The average molecular weight is 189 g/mol. The molecule has 0 atom stereocenters. The molecule has 0 rings (SSSR count). The van der Waals surface area contributed by atoms with E-state index in [0.29, 0.717) is 12.8 Å². The Labute approximate surface area is 78.8 Å². The maximum Gasteiger partial charge on any atom is 0.508 e. The molecule has 0 saturated heterocycles. The van der Waals surface area contributed by atoms with Crippen LogP contribution >= 0.6 is 0 Å². The van der Waals surface area contributed by atoms with Gasteiger partial charge in [-0.25, -0.2) is 9.90 Å². The lowest BCUT2D eigenvalue weighted by Gasteiger charge is -2.18. The first-order valence-corrected chi connectivity index (χ1v) is 4.39. The Hall–Kier alpha value is -0.770. The number of rotatable bonds is 4. The maximum atomic E-state index is 10.9. The maximum absolute atomic E-state index is 10.9. The minimum absolute atomic E-state index is 0.127. The Morgan fingerprint density at radius 3 is 2.31 bits per heavy atom. The van der Waals surface area contributed by atoms with Crippen LogP contribution in [0.2, 0.25) is 0 Å². The fraction of sp³-hybridized carbons (Fsp3) is 0.889. The lowest BCUT2D eigenvalue weighted by molar-refractivity contribution is -0.00835. The van der Waals surface area contributed by atoms with Gasteiger partial charge in [-0.3, -0.25) is 0 Å². The number of carbonyl (C=O) groups is 1. The highest BCUT2D eigenvalue weighted by atomic mass is 16.7. The highest BCUT2D eigenvalue weighted by Crippen LogP contribution is 2.08. The van der Waals surface area contributed by atoms with Crippen LogP contribution in [0, 0.1) is 0 Å². The van der Waals surface area contributed by atoms with Crippen molar-refractivity contribution in [1.29, 1.82) is 0 Å². The van der Waals surface area contributed by atoms with Crippen molar-refractivity contribution in [2.45, 2.75) is 39.2 Å². The van der Waals surface area contributed by atoms with Gasteiger partial charge < -0.3 is 9.47 Å². The number of unbranched alkanes of at least 4 members (excludes halogenated alkanes) is 1. The molecule has 0 aromatic heterocycles. The summed E-state index contributed by atoms with van der Waals surface area (Å²) in [6, 6.07) is 0. The molecule has 1 radical (unpaired) electrons. The number of hydrogen-bond donors (Lipinski definition) is 0. The molecule has 0 aliphatic heterocycles. The largest absolute Gasteiger partial charge is 0.508 e. The van der Waals surface area contributed by atoms with E-state index in [1.165, 1.54) is 0 Å². The SMILES string of the molecule is CC(C)(C)OC(=O)OCCCC[O]. The molecule has 0 heterocycles. The molecule has 0 aliphatic rings. The molecule has 0 N–H and O–H groups in total. The lowest BCUT2D eigenvalue weighted by Crippen LogP contribution is -2.24. The molecule has 0 unspecified atom stereocenters. The fourth-order valence-corrected chi connectivity index (χ4v) is 0.639. The normalized spacial score (nSPS) is 11.1. The third-order valence-corrected chi connectivity index (χ3v) is 1.15. The average Bonchev–Trinajstić information content (AvgIpc) is 1.94. The molecular weight excluding hydrogens is 172 g/mol. The van der Waals surface area contributed by atoms with Crippen LogP contribution in [0.4, 0.5) is 4.79 Å². The molecule has 0 aliphatic carbocycles. The van der Waals surface area contributed by atoms with Gasteiger partial charge in [0.15, 0.2) is 0 Å². The second-order valence-corrected chi connectivity index (χ2v) is 3.72. The van der Waals surface area contributed by atoms with E-state index in [1.807, 2.05) is 0 Å². The lowest BCUT2D eigenvalue weighted by atomic mass is 10.2. The third kappa shape index (κ3) is 9.14. The van der Waals surface area contributed by atoms with Crippen LogP contribution in [0.1, 0.15) is 33.6 Å². The molecule has 0 amide bonds. The van der Waals surface area contributed by atoms with Crippen molar-refractivity contribution in [2.75, 3.05) is 13.2 Å². The molecule has 77 valence electrons. The van der Waals surface area contributed by atoms with Gasteiger partial charge in [-0.05, 0) is 33.6 Å². The second kappa shape index (κ2) is 5.80. The summed E-state index contributed by atoms with van der Waals surface area (Å²) in [4.78, 5) is 10.9. The molecule has 0 saturated carbocycles. The van der Waals surface area contributed by atoms with E-state index in [-0.39, 0.29) is 13.2 Å². The minimum Gasteiger partial charge on any atom is -0.434 e. The second-order valence-electron chi connectivity index (χ2n) is 3.72. The molecular formula is C9H17O4. The molecule has 0 fully saturated rings. The van der Waals surface area contributed by atoms with Crippen molar-refractivity contribution in [3.63, 3.8) is 0 Å². The van der Waals surface area contributed by atoms with Crippen LogP contribution < -0.4 is 0 Å². The predicted molar refractivity (Wildman–Crippen MR) is 47.0 cm³/mol. The summed E-state index contributed by atoms with van der Waals surface area (Å²) in [5, 5.41) is 10.0. The van der Waals surface area contributed by atoms with Gasteiger partial charge in [0.05, 0.1) is 13.2 Å². The third-order valence-electron chi connectivity index (χ3n) is 1.15. The van der Waals surface area contributed by atoms with Gasteiger partial charge in [-0.2, -0.15) is 0 Å². The smallest absolute Gasteiger partial charge is 0.434 e. The van der Waals surface area contributed by atoms with Crippen LogP contribution in [-0.4, -0.2) is 25.0 Å². The quantitative estimate of drug-likeness (QED) is 0.503. The van der Waals surface area contributed by atoms with Crippen LogP contribution in [0.15, 0.2) is 0 Å². The van der Waals surface area contributed by atoms with Gasteiger partial charge >= 0.3 is 6.16 Å². The van der Waals surface area contributed by atoms with Crippen molar-refractivity contribution in [1.82, 2.24) is 0 Å². The molecule has 0 bridgehead atoms. The van der Waals surface area contributed by atoms with E-state index in [4.69, 9.17) is 9.47 Å². The first kappa shape index (κ1) is 12.2. The topological polar surface area (TPSA) is 55.4 Å². The van der Waals surface area contributed by atoms with Crippen molar-refractivity contribution >= 4 is 6.16 Å². The van der Waals surface area contributed by atoms with E-state index in [0.717, 1.165) is 0 Å². The Morgan fingerprint density at radius 1 is 1.23 bits per heavy atom. The van der Waals surface area contributed by atoms with Crippen LogP contribution in [0.3, 0.4) is 0 Å². The van der Waals surface area contributed by atoms with Gasteiger partial charge in [-0.1, -0.05) is 0 Å². The van der Waals surface area contributed by atoms with Gasteiger partial charge in [0.1, 0.15) is 5.60 Å². The van der Waals surface area contributed by atoms with E-state index >= 15 is 0 Å². The molecule has 0 spiro atoms.